The maximum absolute atomic E-state index is 6.58. The molecule has 1 fully saturated rings. The third-order valence-corrected chi connectivity index (χ3v) is 5.79. The predicted molar refractivity (Wildman–Crippen MR) is 117 cm³/mol. The summed E-state index contributed by atoms with van der Waals surface area (Å²) in [7, 11) is 1.65. The van der Waals surface area contributed by atoms with Gasteiger partial charge in [0.2, 0.25) is 0 Å². The third kappa shape index (κ3) is 3.58. The van der Waals surface area contributed by atoms with Gasteiger partial charge in [0, 0.05) is 18.7 Å². The lowest BCUT2D eigenvalue weighted by Crippen LogP contribution is -2.27. The van der Waals surface area contributed by atoms with E-state index in [1.807, 2.05) is 18.2 Å². The Hall–Kier alpha value is -2.20. The van der Waals surface area contributed by atoms with E-state index in [9.17, 15) is 0 Å². The lowest BCUT2D eigenvalue weighted by Gasteiger charge is -2.24. The lowest BCUT2D eigenvalue weighted by molar-refractivity contribution is 0.415. The fraction of sp³-hybridized carbons (Fsp3) is 0.435. The summed E-state index contributed by atoms with van der Waals surface area (Å²) in [6.45, 7) is 6.64. The van der Waals surface area contributed by atoms with E-state index in [2.05, 4.69) is 41.5 Å². The molecule has 1 aliphatic rings. The van der Waals surface area contributed by atoms with Gasteiger partial charge in [0.15, 0.2) is 0 Å². The van der Waals surface area contributed by atoms with Crippen LogP contribution in [0.5, 0.6) is 5.75 Å². The Morgan fingerprint density at radius 1 is 1.21 bits per heavy atom. The molecule has 3 aromatic rings. The van der Waals surface area contributed by atoms with Crippen LogP contribution in [0.3, 0.4) is 0 Å². The van der Waals surface area contributed by atoms with E-state index in [0.29, 0.717) is 5.02 Å². The maximum Gasteiger partial charge on any atom is 0.120 e. The summed E-state index contributed by atoms with van der Waals surface area (Å²) < 4.78 is 7.37. The largest absolute Gasteiger partial charge is 0.497 e. The van der Waals surface area contributed by atoms with Gasteiger partial charge in [-0.1, -0.05) is 31.5 Å². The highest BCUT2D eigenvalue weighted by Gasteiger charge is 2.27. The highest BCUT2D eigenvalue weighted by atomic mass is 35.5. The fourth-order valence-electron chi connectivity index (χ4n) is 3.90. The normalized spacial score (nSPS) is 13.9. The van der Waals surface area contributed by atoms with Crippen molar-refractivity contribution >= 4 is 22.8 Å². The van der Waals surface area contributed by atoms with Crippen molar-refractivity contribution < 1.29 is 4.74 Å². The molecule has 0 N–H and O–H groups in total. The van der Waals surface area contributed by atoms with Crippen molar-refractivity contribution in [1.82, 2.24) is 9.61 Å². The first-order valence-corrected chi connectivity index (χ1v) is 10.6. The maximum atomic E-state index is 6.58. The molecular weight excluding hydrogens is 370 g/mol. The second kappa shape index (κ2) is 8.04. The second-order valence-corrected chi connectivity index (χ2v) is 8.00. The number of hydrogen-bond acceptors (Lipinski definition) is 3. The molecule has 0 bridgehead atoms. The van der Waals surface area contributed by atoms with Crippen LogP contribution in [0.1, 0.15) is 38.8 Å². The summed E-state index contributed by atoms with van der Waals surface area (Å²) >= 11 is 6.58. The molecule has 0 unspecified atom stereocenters. The van der Waals surface area contributed by atoms with E-state index in [1.165, 1.54) is 18.5 Å². The molecule has 0 saturated heterocycles. The van der Waals surface area contributed by atoms with Gasteiger partial charge in [0.1, 0.15) is 5.75 Å². The summed E-state index contributed by atoms with van der Waals surface area (Å²) in [6, 6.07) is 12.2. The molecule has 0 amide bonds. The Labute approximate surface area is 172 Å². The van der Waals surface area contributed by atoms with Crippen LogP contribution >= 0.6 is 11.6 Å². The van der Waals surface area contributed by atoms with Crippen molar-refractivity contribution in [3.05, 3.63) is 47.1 Å². The Balaban J connectivity index is 1.85. The zero-order valence-electron chi connectivity index (χ0n) is 16.9. The van der Waals surface area contributed by atoms with Crippen molar-refractivity contribution in [2.45, 2.75) is 39.5 Å². The SMILES string of the molecule is CCCN(CC1CC1)c1c(CC)nn2c(-c3ccc(OC)cc3Cl)cccc12. The highest BCUT2D eigenvalue weighted by Crippen LogP contribution is 2.37. The van der Waals surface area contributed by atoms with E-state index in [4.69, 9.17) is 21.4 Å². The molecule has 4 rings (SSSR count). The molecule has 0 spiro atoms. The van der Waals surface area contributed by atoms with Crippen molar-refractivity contribution in [3.8, 4) is 17.0 Å². The van der Waals surface area contributed by atoms with Crippen LogP contribution in [-0.2, 0) is 6.42 Å². The van der Waals surface area contributed by atoms with Crippen LogP contribution in [0.15, 0.2) is 36.4 Å². The minimum atomic E-state index is 0.672. The number of aromatic nitrogens is 2. The second-order valence-electron chi connectivity index (χ2n) is 7.59. The van der Waals surface area contributed by atoms with Gasteiger partial charge in [-0.05, 0) is 61.9 Å². The number of halogens is 1. The number of hydrogen-bond donors (Lipinski definition) is 0. The minimum absolute atomic E-state index is 0.672. The van der Waals surface area contributed by atoms with Crippen LogP contribution in [0, 0.1) is 5.92 Å². The smallest absolute Gasteiger partial charge is 0.120 e. The minimum Gasteiger partial charge on any atom is -0.497 e. The fourth-order valence-corrected chi connectivity index (χ4v) is 4.17. The number of pyridine rings is 1. The van der Waals surface area contributed by atoms with Crippen LogP contribution in [0.4, 0.5) is 5.69 Å². The number of rotatable bonds is 8. The molecule has 1 aliphatic carbocycles. The Kier molecular flexibility index (Phi) is 5.49. The number of fused-ring (bicyclic) bond motifs is 1. The predicted octanol–water partition coefficient (Wildman–Crippen LogP) is 5.85. The number of methoxy groups -OCH3 is 1. The average Bonchev–Trinajstić information content (AvgIpc) is 3.44. The molecule has 0 radical (unpaired) electrons. The third-order valence-electron chi connectivity index (χ3n) is 5.47. The van der Waals surface area contributed by atoms with Gasteiger partial charge < -0.3 is 9.64 Å². The number of nitrogens with zero attached hydrogens (tertiary/aromatic N) is 3. The van der Waals surface area contributed by atoms with Crippen LogP contribution in [-0.4, -0.2) is 29.8 Å². The molecular formula is C23H28ClN3O. The van der Waals surface area contributed by atoms with Gasteiger partial charge >= 0.3 is 0 Å². The number of benzene rings is 1. The first-order valence-electron chi connectivity index (χ1n) is 10.3. The van der Waals surface area contributed by atoms with Gasteiger partial charge in [-0.15, -0.1) is 0 Å². The van der Waals surface area contributed by atoms with Crippen LogP contribution in [0.25, 0.3) is 16.8 Å². The Morgan fingerprint density at radius 3 is 2.68 bits per heavy atom. The lowest BCUT2D eigenvalue weighted by atomic mass is 10.1. The van der Waals surface area contributed by atoms with Crippen molar-refractivity contribution in [3.63, 3.8) is 0 Å². The molecule has 1 saturated carbocycles. The Bertz CT molecular complexity index is 977. The van der Waals surface area contributed by atoms with Gasteiger partial charge in [0.25, 0.3) is 0 Å². The molecule has 28 heavy (non-hydrogen) atoms. The summed E-state index contributed by atoms with van der Waals surface area (Å²) in [5.41, 5.74) is 5.59. The summed E-state index contributed by atoms with van der Waals surface area (Å²) in [4.78, 5) is 2.55. The van der Waals surface area contributed by atoms with Crippen LogP contribution in [0.2, 0.25) is 5.02 Å². The monoisotopic (exact) mass is 397 g/mol. The zero-order valence-corrected chi connectivity index (χ0v) is 17.7. The number of ether oxygens (including phenoxy) is 1. The summed E-state index contributed by atoms with van der Waals surface area (Å²) in [5.74, 6) is 1.60. The average molecular weight is 398 g/mol. The van der Waals surface area contributed by atoms with Crippen molar-refractivity contribution in [2.75, 3.05) is 25.1 Å². The number of aryl methyl sites for hydroxylation is 1. The van der Waals surface area contributed by atoms with Crippen LogP contribution < -0.4 is 9.64 Å². The van der Waals surface area contributed by atoms with Crippen molar-refractivity contribution in [1.29, 1.82) is 0 Å². The van der Waals surface area contributed by atoms with Crippen molar-refractivity contribution in [2.24, 2.45) is 5.92 Å². The van der Waals surface area contributed by atoms with E-state index in [0.717, 1.165) is 60.1 Å². The van der Waals surface area contributed by atoms with E-state index in [1.54, 1.807) is 7.11 Å². The molecule has 4 nitrogen and oxygen atoms in total. The molecule has 2 aromatic heterocycles. The summed E-state index contributed by atoms with van der Waals surface area (Å²) in [6.07, 6.45) is 4.76. The Morgan fingerprint density at radius 2 is 2.04 bits per heavy atom. The van der Waals surface area contributed by atoms with E-state index >= 15 is 0 Å². The number of anilines is 1. The molecule has 1 aromatic carbocycles. The first kappa shape index (κ1) is 19.1. The molecule has 5 heteroatoms. The topological polar surface area (TPSA) is 29.8 Å². The van der Waals surface area contributed by atoms with Gasteiger partial charge in [0.05, 0.1) is 34.7 Å². The van der Waals surface area contributed by atoms with E-state index < -0.39 is 0 Å². The molecule has 148 valence electrons. The standard InChI is InChI=1S/C23H28ClN3O/c1-4-13-26(15-16-9-10-16)23-20(5-2)25-27-21(7-6-8-22(23)27)18-12-11-17(28-3)14-19(18)24/h6-8,11-12,14,16H,4-5,9-10,13,15H2,1-3H3. The molecule has 0 atom stereocenters. The summed E-state index contributed by atoms with van der Waals surface area (Å²) in [5, 5.41) is 5.68. The molecule has 0 aliphatic heterocycles. The molecule has 2 heterocycles. The first-order chi connectivity index (χ1) is 13.7. The van der Waals surface area contributed by atoms with Gasteiger partial charge in [-0.25, -0.2) is 4.52 Å². The van der Waals surface area contributed by atoms with E-state index in [-0.39, 0.29) is 0 Å². The van der Waals surface area contributed by atoms with Gasteiger partial charge in [-0.2, -0.15) is 5.10 Å². The zero-order chi connectivity index (χ0) is 19.7. The quantitative estimate of drug-likeness (QED) is 0.477. The van der Waals surface area contributed by atoms with Gasteiger partial charge in [-0.3, -0.25) is 0 Å². The highest BCUT2D eigenvalue weighted by molar-refractivity contribution is 6.33.